The molecule has 7 nitrogen and oxygen atoms in total. The molecule has 1 atom stereocenters. The molecule has 1 aromatic rings. The second-order valence-corrected chi connectivity index (χ2v) is 7.28. The van der Waals surface area contributed by atoms with Crippen LogP contribution in [0, 0.1) is 5.92 Å². The van der Waals surface area contributed by atoms with Crippen LogP contribution in [-0.2, 0) is 14.2 Å². The summed E-state index contributed by atoms with van der Waals surface area (Å²) >= 11 is 0. The highest BCUT2D eigenvalue weighted by molar-refractivity contribution is 5.94. The Labute approximate surface area is 181 Å². The van der Waals surface area contributed by atoms with E-state index in [0.29, 0.717) is 57.7 Å². The van der Waals surface area contributed by atoms with Gasteiger partial charge in [-0.1, -0.05) is 26.3 Å². The summed E-state index contributed by atoms with van der Waals surface area (Å²) in [7, 11) is 1.93. The molecule has 0 saturated carbocycles. The summed E-state index contributed by atoms with van der Waals surface area (Å²) in [5.74, 6) is 1.10. The van der Waals surface area contributed by atoms with Crippen LogP contribution in [0.4, 0.5) is 0 Å². The molecule has 1 amide bonds. The number of ether oxygens (including phenoxy) is 4. The van der Waals surface area contributed by atoms with E-state index in [-0.39, 0.29) is 5.91 Å². The second kappa shape index (κ2) is 18.1. The first-order chi connectivity index (χ1) is 14.7. The molecule has 7 heteroatoms. The van der Waals surface area contributed by atoms with Gasteiger partial charge in [-0.25, -0.2) is 0 Å². The van der Waals surface area contributed by atoms with Crippen molar-refractivity contribution < 1.29 is 23.7 Å². The molecule has 30 heavy (non-hydrogen) atoms. The monoisotopic (exact) mass is 424 g/mol. The van der Waals surface area contributed by atoms with Crippen molar-refractivity contribution in [2.24, 2.45) is 5.92 Å². The normalized spacial score (nSPS) is 12.0. The standard InChI is InChI=1S/C23H40N2O5/c1-4-7-20(2)19-30-22-9-5-8-21(18-22)23(26)25-11-13-28-15-17-29-16-14-27-12-6-10-24-3/h5,8-9,18,20,24H,4,6-7,10-17,19H2,1-3H3,(H,25,26). The molecule has 0 aliphatic carbocycles. The SMILES string of the molecule is CCCC(C)COc1cccc(C(=O)NCCOCCOCCOCCCNC)c1. The second-order valence-electron chi connectivity index (χ2n) is 7.28. The Morgan fingerprint density at radius 3 is 2.40 bits per heavy atom. The van der Waals surface area contributed by atoms with Gasteiger partial charge in [0.25, 0.3) is 5.91 Å². The summed E-state index contributed by atoms with van der Waals surface area (Å²) in [6.07, 6.45) is 3.28. The lowest BCUT2D eigenvalue weighted by Gasteiger charge is -2.13. The molecule has 0 radical (unpaired) electrons. The smallest absolute Gasteiger partial charge is 0.251 e. The molecule has 0 spiro atoms. The largest absolute Gasteiger partial charge is 0.493 e. The van der Waals surface area contributed by atoms with Crippen molar-refractivity contribution in [3.05, 3.63) is 29.8 Å². The van der Waals surface area contributed by atoms with Crippen LogP contribution in [0.1, 0.15) is 43.5 Å². The van der Waals surface area contributed by atoms with Gasteiger partial charge in [-0.3, -0.25) is 4.79 Å². The molecule has 0 aliphatic heterocycles. The Morgan fingerprint density at radius 1 is 1.00 bits per heavy atom. The Balaban J connectivity index is 2.05. The van der Waals surface area contributed by atoms with Crippen molar-refractivity contribution in [2.75, 3.05) is 66.4 Å². The highest BCUT2D eigenvalue weighted by Gasteiger charge is 2.07. The van der Waals surface area contributed by atoms with Crippen molar-refractivity contribution in [3.8, 4) is 5.75 Å². The van der Waals surface area contributed by atoms with E-state index in [1.807, 2.05) is 19.2 Å². The maximum absolute atomic E-state index is 12.3. The molecule has 0 aromatic heterocycles. The van der Waals surface area contributed by atoms with Crippen LogP contribution in [0.25, 0.3) is 0 Å². The Hall–Kier alpha value is -1.67. The first kappa shape index (κ1) is 26.4. The van der Waals surface area contributed by atoms with Gasteiger partial charge in [-0.2, -0.15) is 0 Å². The van der Waals surface area contributed by atoms with Crippen molar-refractivity contribution >= 4 is 5.91 Å². The van der Waals surface area contributed by atoms with Crippen LogP contribution in [0.15, 0.2) is 24.3 Å². The fraction of sp³-hybridized carbons (Fsp3) is 0.696. The molecule has 1 aromatic carbocycles. The van der Waals surface area contributed by atoms with Gasteiger partial charge in [0.05, 0.1) is 39.6 Å². The molecule has 1 rings (SSSR count). The van der Waals surface area contributed by atoms with Gasteiger partial charge in [0, 0.05) is 18.7 Å². The maximum Gasteiger partial charge on any atom is 0.251 e. The van der Waals surface area contributed by atoms with Gasteiger partial charge in [-0.05, 0) is 50.6 Å². The topological polar surface area (TPSA) is 78.1 Å². The van der Waals surface area contributed by atoms with E-state index in [1.54, 1.807) is 12.1 Å². The molecule has 0 heterocycles. The van der Waals surface area contributed by atoms with Gasteiger partial charge in [0.15, 0.2) is 0 Å². The predicted molar refractivity (Wildman–Crippen MR) is 119 cm³/mol. The molecular weight excluding hydrogens is 384 g/mol. The Bertz CT molecular complexity index is 556. The third-order valence-corrected chi connectivity index (χ3v) is 4.40. The van der Waals surface area contributed by atoms with Crippen LogP contribution in [0.2, 0.25) is 0 Å². The van der Waals surface area contributed by atoms with E-state index in [4.69, 9.17) is 18.9 Å². The van der Waals surface area contributed by atoms with Crippen molar-refractivity contribution in [2.45, 2.75) is 33.1 Å². The van der Waals surface area contributed by atoms with Crippen LogP contribution < -0.4 is 15.4 Å². The zero-order chi connectivity index (χ0) is 21.9. The van der Waals surface area contributed by atoms with E-state index in [1.165, 1.54) is 0 Å². The zero-order valence-electron chi connectivity index (χ0n) is 18.9. The molecule has 172 valence electrons. The minimum atomic E-state index is -0.127. The molecule has 2 N–H and O–H groups in total. The van der Waals surface area contributed by atoms with Gasteiger partial charge < -0.3 is 29.6 Å². The van der Waals surface area contributed by atoms with Crippen molar-refractivity contribution in [3.63, 3.8) is 0 Å². The first-order valence-electron chi connectivity index (χ1n) is 11.1. The average Bonchev–Trinajstić information content (AvgIpc) is 2.76. The number of nitrogens with one attached hydrogen (secondary N) is 2. The van der Waals surface area contributed by atoms with Crippen LogP contribution in [0.5, 0.6) is 5.75 Å². The lowest BCUT2D eigenvalue weighted by molar-refractivity contribution is 0.0148. The maximum atomic E-state index is 12.3. The fourth-order valence-corrected chi connectivity index (χ4v) is 2.77. The van der Waals surface area contributed by atoms with Gasteiger partial charge in [0.1, 0.15) is 5.75 Å². The van der Waals surface area contributed by atoms with Gasteiger partial charge in [-0.15, -0.1) is 0 Å². The number of hydrogen-bond acceptors (Lipinski definition) is 6. The fourth-order valence-electron chi connectivity index (χ4n) is 2.77. The number of benzene rings is 1. The number of carbonyl (C=O) groups excluding carboxylic acids is 1. The quantitative estimate of drug-likeness (QED) is 0.333. The van der Waals surface area contributed by atoms with Crippen LogP contribution in [-0.4, -0.2) is 72.3 Å². The number of amides is 1. The lowest BCUT2D eigenvalue weighted by atomic mass is 10.1. The number of hydrogen-bond donors (Lipinski definition) is 2. The molecule has 1 unspecified atom stereocenters. The summed E-state index contributed by atoms with van der Waals surface area (Å²) in [5.41, 5.74) is 0.591. The molecular formula is C23H40N2O5. The first-order valence-corrected chi connectivity index (χ1v) is 11.1. The summed E-state index contributed by atoms with van der Waals surface area (Å²) in [5, 5.41) is 5.94. The summed E-state index contributed by atoms with van der Waals surface area (Å²) in [6, 6.07) is 7.29. The Morgan fingerprint density at radius 2 is 1.70 bits per heavy atom. The molecule has 0 saturated heterocycles. The lowest BCUT2D eigenvalue weighted by Crippen LogP contribution is -2.27. The zero-order valence-corrected chi connectivity index (χ0v) is 18.9. The number of carbonyl (C=O) groups is 1. The van der Waals surface area contributed by atoms with E-state index >= 15 is 0 Å². The summed E-state index contributed by atoms with van der Waals surface area (Å²) < 4.78 is 22.2. The van der Waals surface area contributed by atoms with E-state index in [0.717, 1.165) is 38.2 Å². The Kier molecular flexibility index (Phi) is 15.9. The van der Waals surface area contributed by atoms with Crippen LogP contribution >= 0.6 is 0 Å². The van der Waals surface area contributed by atoms with Crippen molar-refractivity contribution in [1.29, 1.82) is 0 Å². The van der Waals surface area contributed by atoms with E-state index in [2.05, 4.69) is 24.5 Å². The minimum absolute atomic E-state index is 0.127. The summed E-state index contributed by atoms with van der Waals surface area (Å²) in [6.45, 7) is 9.78. The van der Waals surface area contributed by atoms with Crippen molar-refractivity contribution in [1.82, 2.24) is 10.6 Å². The van der Waals surface area contributed by atoms with E-state index < -0.39 is 0 Å². The highest BCUT2D eigenvalue weighted by atomic mass is 16.5. The van der Waals surface area contributed by atoms with Crippen LogP contribution in [0.3, 0.4) is 0 Å². The molecule has 0 fully saturated rings. The van der Waals surface area contributed by atoms with E-state index in [9.17, 15) is 4.79 Å². The van der Waals surface area contributed by atoms with Gasteiger partial charge >= 0.3 is 0 Å². The minimum Gasteiger partial charge on any atom is -0.493 e. The molecule has 0 bridgehead atoms. The number of rotatable bonds is 19. The summed E-state index contributed by atoms with van der Waals surface area (Å²) in [4.78, 5) is 12.3. The third-order valence-electron chi connectivity index (χ3n) is 4.40. The average molecular weight is 425 g/mol. The molecule has 0 aliphatic rings. The highest BCUT2D eigenvalue weighted by Crippen LogP contribution is 2.15. The third kappa shape index (κ3) is 13.5. The van der Waals surface area contributed by atoms with Gasteiger partial charge in [0.2, 0.25) is 0 Å². The predicted octanol–water partition coefficient (Wildman–Crippen LogP) is 2.89.